The maximum Gasteiger partial charge on any atom is 0.0739 e. The summed E-state index contributed by atoms with van der Waals surface area (Å²) in [5.74, 6) is 0.748. The number of hydrogen-bond donors (Lipinski definition) is 1. The Hall–Kier alpha value is -0.390. The van der Waals surface area contributed by atoms with Crippen LogP contribution in [0.5, 0.6) is 0 Å². The Morgan fingerprint density at radius 2 is 2.20 bits per heavy atom. The first-order valence-corrected chi connectivity index (χ1v) is 8.40. The smallest absolute Gasteiger partial charge is 0.0739 e. The van der Waals surface area contributed by atoms with Gasteiger partial charge in [-0.15, -0.1) is 0 Å². The van der Waals surface area contributed by atoms with Crippen molar-refractivity contribution in [3.8, 4) is 0 Å². The first-order chi connectivity index (χ1) is 9.47. The molecule has 0 aromatic carbocycles. The maximum absolute atomic E-state index is 4.49. The summed E-state index contributed by atoms with van der Waals surface area (Å²) in [6, 6.07) is 0.616. The van der Waals surface area contributed by atoms with Crippen LogP contribution >= 0.6 is 15.9 Å². The fourth-order valence-corrected chi connectivity index (χ4v) is 3.47. The van der Waals surface area contributed by atoms with E-state index >= 15 is 0 Å². The molecule has 1 saturated heterocycles. The van der Waals surface area contributed by atoms with Crippen molar-refractivity contribution < 1.29 is 0 Å². The van der Waals surface area contributed by atoms with Gasteiger partial charge in [0.05, 0.1) is 15.9 Å². The SMILES string of the molecule is Cc1nn(C)c(CN2CCCNC(CC(C)C)C2)c1Br. The van der Waals surface area contributed by atoms with E-state index in [2.05, 4.69) is 52.0 Å². The highest BCUT2D eigenvalue weighted by atomic mass is 79.9. The van der Waals surface area contributed by atoms with Crippen LogP contribution in [0.15, 0.2) is 4.47 Å². The van der Waals surface area contributed by atoms with Crippen molar-refractivity contribution in [2.45, 2.75) is 46.2 Å². The lowest BCUT2D eigenvalue weighted by molar-refractivity contribution is 0.241. The molecule has 20 heavy (non-hydrogen) atoms. The number of aryl methyl sites for hydroxylation is 2. The van der Waals surface area contributed by atoms with Gasteiger partial charge in [-0.1, -0.05) is 13.8 Å². The van der Waals surface area contributed by atoms with Crippen LogP contribution in [0.3, 0.4) is 0 Å². The standard InChI is InChI=1S/C15H27BrN4/c1-11(2)8-13-9-20(7-5-6-17-13)10-14-15(16)12(3)18-19(14)4/h11,13,17H,5-10H2,1-4H3. The topological polar surface area (TPSA) is 33.1 Å². The normalized spacial score (nSPS) is 21.4. The van der Waals surface area contributed by atoms with E-state index in [1.54, 1.807) is 0 Å². The highest BCUT2D eigenvalue weighted by Crippen LogP contribution is 2.22. The van der Waals surface area contributed by atoms with Gasteiger partial charge in [-0.2, -0.15) is 5.10 Å². The largest absolute Gasteiger partial charge is 0.313 e. The van der Waals surface area contributed by atoms with E-state index in [-0.39, 0.29) is 0 Å². The quantitative estimate of drug-likeness (QED) is 0.913. The summed E-state index contributed by atoms with van der Waals surface area (Å²) in [4.78, 5) is 2.56. The fraction of sp³-hybridized carbons (Fsp3) is 0.800. The lowest BCUT2D eigenvalue weighted by Gasteiger charge is -2.25. The molecule has 0 radical (unpaired) electrons. The van der Waals surface area contributed by atoms with Crippen LogP contribution in [0.4, 0.5) is 0 Å². The molecule has 1 aliphatic heterocycles. The third-order valence-corrected chi connectivity index (χ3v) is 4.99. The number of aromatic nitrogens is 2. The van der Waals surface area contributed by atoms with E-state index in [0.717, 1.165) is 42.3 Å². The van der Waals surface area contributed by atoms with Crippen molar-refractivity contribution in [1.82, 2.24) is 20.0 Å². The minimum absolute atomic E-state index is 0.616. The summed E-state index contributed by atoms with van der Waals surface area (Å²) in [7, 11) is 2.04. The van der Waals surface area contributed by atoms with Gasteiger partial charge in [0.15, 0.2) is 0 Å². The average molecular weight is 343 g/mol. The number of halogens is 1. The number of nitrogens with zero attached hydrogens (tertiary/aromatic N) is 3. The third-order valence-electron chi connectivity index (χ3n) is 3.95. The lowest BCUT2D eigenvalue weighted by atomic mass is 10.0. The van der Waals surface area contributed by atoms with Crippen molar-refractivity contribution in [3.63, 3.8) is 0 Å². The first-order valence-electron chi connectivity index (χ1n) is 7.61. The molecule has 1 atom stereocenters. The minimum Gasteiger partial charge on any atom is -0.313 e. The summed E-state index contributed by atoms with van der Waals surface area (Å²) in [6.45, 7) is 11.1. The lowest BCUT2D eigenvalue weighted by Crippen LogP contribution is -2.38. The third kappa shape index (κ3) is 4.06. The van der Waals surface area contributed by atoms with E-state index in [9.17, 15) is 0 Å². The molecule has 1 aliphatic rings. The van der Waals surface area contributed by atoms with E-state index in [1.807, 2.05) is 11.7 Å². The molecule has 0 aliphatic carbocycles. The zero-order valence-corrected chi connectivity index (χ0v) is 14.7. The van der Waals surface area contributed by atoms with E-state index in [1.165, 1.54) is 18.5 Å². The highest BCUT2D eigenvalue weighted by molar-refractivity contribution is 9.10. The van der Waals surface area contributed by atoms with Crippen LogP contribution < -0.4 is 5.32 Å². The van der Waals surface area contributed by atoms with Gasteiger partial charge in [0.1, 0.15) is 0 Å². The Morgan fingerprint density at radius 1 is 1.45 bits per heavy atom. The van der Waals surface area contributed by atoms with Gasteiger partial charge < -0.3 is 5.32 Å². The Kier molecular flexibility index (Phi) is 5.64. The molecule has 1 fully saturated rings. The molecule has 1 aromatic heterocycles. The van der Waals surface area contributed by atoms with Crippen molar-refractivity contribution in [2.24, 2.45) is 13.0 Å². The Labute approximate surface area is 131 Å². The Bertz CT molecular complexity index is 441. The van der Waals surface area contributed by atoms with Crippen LogP contribution in [0.1, 0.15) is 38.1 Å². The monoisotopic (exact) mass is 342 g/mol. The van der Waals surface area contributed by atoms with E-state index in [0.29, 0.717) is 6.04 Å². The summed E-state index contributed by atoms with van der Waals surface area (Å²) in [6.07, 6.45) is 2.48. The molecule has 1 aromatic rings. The average Bonchev–Trinajstić information content (AvgIpc) is 2.56. The van der Waals surface area contributed by atoms with Crippen molar-refractivity contribution in [1.29, 1.82) is 0 Å². The molecular weight excluding hydrogens is 316 g/mol. The van der Waals surface area contributed by atoms with Crippen molar-refractivity contribution in [2.75, 3.05) is 19.6 Å². The second-order valence-electron chi connectivity index (χ2n) is 6.34. The first kappa shape index (κ1) is 16.0. The van der Waals surface area contributed by atoms with Crippen molar-refractivity contribution >= 4 is 15.9 Å². The summed E-state index contributed by atoms with van der Waals surface area (Å²) in [5, 5.41) is 8.18. The van der Waals surface area contributed by atoms with Crippen LogP contribution in [0.25, 0.3) is 0 Å². The summed E-state index contributed by atoms with van der Waals surface area (Å²) >= 11 is 3.68. The molecule has 2 rings (SSSR count). The highest BCUT2D eigenvalue weighted by Gasteiger charge is 2.21. The van der Waals surface area contributed by atoms with Gasteiger partial charge in [-0.3, -0.25) is 9.58 Å². The van der Waals surface area contributed by atoms with Gasteiger partial charge in [0.25, 0.3) is 0 Å². The Morgan fingerprint density at radius 3 is 2.80 bits per heavy atom. The minimum atomic E-state index is 0.616. The molecule has 1 unspecified atom stereocenters. The molecular formula is C15H27BrN4. The maximum atomic E-state index is 4.49. The molecule has 1 N–H and O–H groups in total. The van der Waals surface area contributed by atoms with Crippen LogP contribution in [-0.2, 0) is 13.6 Å². The summed E-state index contributed by atoms with van der Waals surface area (Å²) < 4.78 is 3.17. The molecule has 0 saturated carbocycles. The van der Waals surface area contributed by atoms with E-state index in [4.69, 9.17) is 0 Å². The fourth-order valence-electron chi connectivity index (χ4n) is 3.01. The molecule has 4 nitrogen and oxygen atoms in total. The zero-order valence-electron chi connectivity index (χ0n) is 13.1. The van der Waals surface area contributed by atoms with Crippen LogP contribution in [-0.4, -0.2) is 40.4 Å². The molecule has 0 spiro atoms. The molecule has 5 heteroatoms. The molecule has 0 bridgehead atoms. The van der Waals surface area contributed by atoms with Gasteiger partial charge >= 0.3 is 0 Å². The number of hydrogen-bond acceptors (Lipinski definition) is 3. The molecule has 114 valence electrons. The van der Waals surface area contributed by atoms with Gasteiger partial charge in [0.2, 0.25) is 0 Å². The van der Waals surface area contributed by atoms with Gasteiger partial charge in [-0.05, 0) is 54.7 Å². The predicted octanol–water partition coefficient (Wildman–Crippen LogP) is 2.70. The van der Waals surface area contributed by atoms with Crippen LogP contribution in [0.2, 0.25) is 0 Å². The van der Waals surface area contributed by atoms with E-state index < -0.39 is 0 Å². The number of nitrogens with one attached hydrogen (secondary N) is 1. The molecule has 2 heterocycles. The second kappa shape index (κ2) is 7.05. The predicted molar refractivity (Wildman–Crippen MR) is 86.8 cm³/mol. The van der Waals surface area contributed by atoms with Gasteiger partial charge in [-0.25, -0.2) is 0 Å². The zero-order chi connectivity index (χ0) is 14.7. The van der Waals surface area contributed by atoms with Crippen LogP contribution in [0, 0.1) is 12.8 Å². The second-order valence-corrected chi connectivity index (χ2v) is 7.13. The molecule has 0 amide bonds. The van der Waals surface area contributed by atoms with Gasteiger partial charge in [0, 0.05) is 26.2 Å². The van der Waals surface area contributed by atoms with Crippen molar-refractivity contribution in [3.05, 3.63) is 15.9 Å². The summed E-state index contributed by atoms with van der Waals surface area (Å²) in [5.41, 5.74) is 2.36. The Balaban J connectivity index is 2.03. The number of rotatable bonds is 4.